The molecule has 3 N–H and O–H groups in total. The van der Waals surface area contributed by atoms with Crippen LogP contribution in [0.2, 0.25) is 0 Å². The molecule has 0 aromatic heterocycles. The topological polar surface area (TPSA) is 81.4 Å². The predicted molar refractivity (Wildman–Crippen MR) is 78.7 cm³/mol. The highest BCUT2D eigenvalue weighted by Crippen LogP contribution is 2.13. The van der Waals surface area contributed by atoms with E-state index in [2.05, 4.69) is 5.32 Å². The van der Waals surface area contributed by atoms with Crippen molar-refractivity contribution in [3.8, 4) is 5.75 Å². The molecule has 0 saturated carbocycles. The summed E-state index contributed by atoms with van der Waals surface area (Å²) in [6, 6.07) is 16.2. The number of hydrogen-bond donors (Lipinski definition) is 2. The lowest BCUT2D eigenvalue weighted by atomic mass is 10.2. The Morgan fingerprint density at radius 2 is 1.81 bits per heavy atom. The molecule has 5 heteroatoms. The lowest BCUT2D eigenvalue weighted by Gasteiger charge is -2.08. The zero-order chi connectivity index (χ0) is 15.1. The zero-order valence-corrected chi connectivity index (χ0v) is 11.4. The molecule has 0 unspecified atom stereocenters. The quantitative estimate of drug-likeness (QED) is 0.843. The predicted octanol–water partition coefficient (Wildman–Crippen LogP) is 1.48. The van der Waals surface area contributed by atoms with Crippen LogP contribution in [0.5, 0.6) is 5.75 Å². The van der Waals surface area contributed by atoms with Crippen LogP contribution in [0.1, 0.15) is 15.9 Å². The van der Waals surface area contributed by atoms with Crippen LogP contribution in [0.4, 0.5) is 0 Å². The van der Waals surface area contributed by atoms with Crippen molar-refractivity contribution in [1.82, 2.24) is 5.32 Å². The minimum absolute atomic E-state index is 0.205. The standard InChI is InChI=1S/C16H16N2O3/c17-15(19)11-21-14-8-4-7-13(9-14)16(20)18-10-12-5-2-1-3-6-12/h1-9H,10-11H2,(H2,17,19)(H,18,20). The fourth-order valence-electron chi connectivity index (χ4n) is 1.76. The first kappa shape index (κ1) is 14.6. The van der Waals surface area contributed by atoms with E-state index in [9.17, 15) is 9.59 Å². The number of carbonyl (C=O) groups is 2. The molecule has 0 spiro atoms. The molecule has 0 bridgehead atoms. The van der Waals surface area contributed by atoms with Crippen LogP contribution in [0, 0.1) is 0 Å². The van der Waals surface area contributed by atoms with Crippen molar-refractivity contribution in [2.75, 3.05) is 6.61 Å². The van der Waals surface area contributed by atoms with E-state index in [-0.39, 0.29) is 12.5 Å². The highest BCUT2D eigenvalue weighted by Gasteiger charge is 2.07. The third-order valence-electron chi connectivity index (χ3n) is 2.77. The monoisotopic (exact) mass is 284 g/mol. The SMILES string of the molecule is NC(=O)COc1cccc(C(=O)NCc2ccccc2)c1. The minimum Gasteiger partial charge on any atom is -0.484 e. The van der Waals surface area contributed by atoms with Crippen molar-refractivity contribution in [2.45, 2.75) is 6.54 Å². The Morgan fingerprint density at radius 3 is 2.52 bits per heavy atom. The molecule has 0 aliphatic heterocycles. The number of primary amides is 1. The van der Waals surface area contributed by atoms with Gasteiger partial charge in [0.25, 0.3) is 11.8 Å². The Labute approximate surface area is 122 Å². The molecular weight excluding hydrogens is 268 g/mol. The smallest absolute Gasteiger partial charge is 0.255 e. The molecule has 2 rings (SSSR count). The van der Waals surface area contributed by atoms with Crippen molar-refractivity contribution >= 4 is 11.8 Å². The summed E-state index contributed by atoms with van der Waals surface area (Å²) in [4.78, 5) is 22.7. The first-order valence-corrected chi connectivity index (χ1v) is 6.48. The fourth-order valence-corrected chi connectivity index (χ4v) is 1.76. The summed E-state index contributed by atoms with van der Waals surface area (Å²) in [7, 11) is 0. The number of amides is 2. The van der Waals surface area contributed by atoms with Crippen LogP contribution < -0.4 is 15.8 Å². The molecule has 5 nitrogen and oxygen atoms in total. The van der Waals surface area contributed by atoms with E-state index in [4.69, 9.17) is 10.5 Å². The first-order valence-electron chi connectivity index (χ1n) is 6.48. The van der Waals surface area contributed by atoms with Crippen molar-refractivity contribution < 1.29 is 14.3 Å². The Morgan fingerprint density at radius 1 is 1.05 bits per heavy atom. The number of benzene rings is 2. The van der Waals surface area contributed by atoms with Gasteiger partial charge in [0.1, 0.15) is 5.75 Å². The lowest BCUT2D eigenvalue weighted by Crippen LogP contribution is -2.23. The van der Waals surface area contributed by atoms with Crippen LogP contribution in [0.25, 0.3) is 0 Å². The minimum atomic E-state index is -0.561. The second-order valence-electron chi connectivity index (χ2n) is 4.45. The molecule has 0 aliphatic carbocycles. The summed E-state index contributed by atoms with van der Waals surface area (Å²) < 4.78 is 5.17. The average molecular weight is 284 g/mol. The average Bonchev–Trinajstić information content (AvgIpc) is 2.52. The number of ether oxygens (including phenoxy) is 1. The molecule has 0 heterocycles. The maximum atomic E-state index is 12.1. The van der Waals surface area contributed by atoms with Gasteiger partial charge in [0, 0.05) is 12.1 Å². The number of rotatable bonds is 6. The summed E-state index contributed by atoms with van der Waals surface area (Å²) in [6.07, 6.45) is 0. The lowest BCUT2D eigenvalue weighted by molar-refractivity contribution is -0.119. The van der Waals surface area contributed by atoms with E-state index in [1.54, 1.807) is 24.3 Å². The number of nitrogens with one attached hydrogen (secondary N) is 1. The zero-order valence-electron chi connectivity index (χ0n) is 11.4. The molecular formula is C16H16N2O3. The van der Waals surface area contributed by atoms with E-state index in [1.807, 2.05) is 30.3 Å². The van der Waals surface area contributed by atoms with Gasteiger partial charge in [-0.2, -0.15) is 0 Å². The third kappa shape index (κ3) is 4.65. The molecule has 0 atom stereocenters. The van der Waals surface area contributed by atoms with E-state index < -0.39 is 5.91 Å². The van der Waals surface area contributed by atoms with Crippen molar-refractivity contribution in [1.29, 1.82) is 0 Å². The second kappa shape index (κ2) is 7.09. The van der Waals surface area contributed by atoms with E-state index in [0.717, 1.165) is 5.56 Å². The van der Waals surface area contributed by atoms with Gasteiger partial charge in [-0.05, 0) is 23.8 Å². The Kier molecular flexibility index (Phi) is 4.93. The van der Waals surface area contributed by atoms with Gasteiger partial charge < -0.3 is 15.8 Å². The van der Waals surface area contributed by atoms with Gasteiger partial charge in [0.15, 0.2) is 6.61 Å². The van der Waals surface area contributed by atoms with Crippen molar-refractivity contribution in [3.05, 3.63) is 65.7 Å². The Hall–Kier alpha value is -2.82. The molecule has 2 amide bonds. The van der Waals surface area contributed by atoms with Crippen LogP contribution in [0.3, 0.4) is 0 Å². The third-order valence-corrected chi connectivity index (χ3v) is 2.77. The second-order valence-corrected chi connectivity index (χ2v) is 4.45. The fraction of sp³-hybridized carbons (Fsp3) is 0.125. The van der Waals surface area contributed by atoms with Crippen molar-refractivity contribution in [3.63, 3.8) is 0 Å². The van der Waals surface area contributed by atoms with Gasteiger partial charge >= 0.3 is 0 Å². The van der Waals surface area contributed by atoms with Gasteiger partial charge in [0.2, 0.25) is 0 Å². The van der Waals surface area contributed by atoms with Crippen LogP contribution in [-0.2, 0) is 11.3 Å². The summed E-state index contributed by atoms with van der Waals surface area (Å²) in [5.74, 6) is -0.335. The van der Waals surface area contributed by atoms with Crippen LogP contribution in [-0.4, -0.2) is 18.4 Å². The highest BCUT2D eigenvalue weighted by molar-refractivity contribution is 5.94. The van der Waals surface area contributed by atoms with Crippen LogP contribution in [0.15, 0.2) is 54.6 Å². The molecule has 2 aromatic rings. The molecule has 0 aliphatic rings. The van der Waals surface area contributed by atoms with E-state index in [0.29, 0.717) is 17.9 Å². The summed E-state index contributed by atoms with van der Waals surface area (Å²) >= 11 is 0. The van der Waals surface area contributed by atoms with Crippen molar-refractivity contribution in [2.24, 2.45) is 5.73 Å². The normalized spacial score (nSPS) is 9.90. The Balaban J connectivity index is 1.95. The van der Waals surface area contributed by atoms with E-state index >= 15 is 0 Å². The number of nitrogens with two attached hydrogens (primary N) is 1. The number of hydrogen-bond acceptors (Lipinski definition) is 3. The van der Waals surface area contributed by atoms with Gasteiger partial charge in [-0.25, -0.2) is 0 Å². The highest BCUT2D eigenvalue weighted by atomic mass is 16.5. The number of carbonyl (C=O) groups excluding carboxylic acids is 2. The molecule has 21 heavy (non-hydrogen) atoms. The van der Waals surface area contributed by atoms with Gasteiger partial charge in [-0.3, -0.25) is 9.59 Å². The van der Waals surface area contributed by atoms with Gasteiger partial charge in [-0.15, -0.1) is 0 Å². The maximum absolute atomic E-state index is 12.1. The molecule has 108 valence electrons. The largest absolute Gasteiger partial charge is 0.484 e. The van der Waals surface area contributed by atoms with Crippen LogP contribution >= 0.6 is 0 Å². The summed E-state index contributed by atoms with van der Waals surface area (Å²) in [6.45, 7) is 0.237. The van der Waals surface area contributed by atoms with E-state index in [1.165, 1.54) is 0 Å². The summed E-state index contributed by atoms with van der Waals surface area (Å²) in [5.41, 5.74) is 6.49. The summed E-state index contributed by atoms with van der Waals surface area (Å²) in [5, 5.41) is 2.82. The molecule has 2 aromatic carbocycles. The van der Waals surface area contributed by atoms with Gasteiger partial charge in [0.05, 0.1) is 0 Å². The Bertz CT molecular complexity index is 626. The van der Waals surface area contributed by atoms with Gasteiger partial charge in [-0.1, -0.05) is 36.4 Å². The molecule has 0 radical (unpaired) electrons. The molecule has 0 fully saturated rings. The maximum Gasteiger partial charge on any atom is 0.255 e. The first-order chi connectivity index (χ1) is 10.1. The molecule has 0 saturated heterocycles.